The Balaban J connectivity index is 2.52. The van der Waals surface area contributed by atoms with Crippen molar-refractivity contribution in [2.45, 2.75) is 13.5 Å². The number of carbonyl (C=O) groups is 1. The van der Waals surface area contributed by atoms with E-state index in [1.807, 2.05) is 0 Å². The minimum absolute atomic E-state index is 0.0243. The minimum Gasteiger partial charge on any atom is -0.434 e. The molecule has 1 heterocycles. The van der Waals surface area contributed by atoms with Crippen LogP contribution >= 0.6 is 0 Å². The fourth-order valence-corrected chi connectivity index (χ4v) is 1.81. The van der Waals surface area contributed by atoms with Crippen LogP contribution in [-0.4, -0.2) is 17.5 Å². The van der Waals surface area contributed by atoms with E-state index in [0.717, 1.165) is 30.5 Å². The molecule has 0 atom stereocenters. The van der Waals surface area contributed by atoms with E-state index in [0.29, 0.717) is 0 Å². The summed E-state index contributed by atoms with van der Waals surface area (Å²) >= 11 is 0. The number of nitrogens with one attached hydrogen (secondary N) is 1. The van der Waals surface area contributed by atoms with Gasteiger partial charge in [-0.15, -0.1) is 0 Å². The van der Waals surface area contributed by atoms with Gasteiger partial charge < -0.3 is 10.1 Å². The molecule has 1 N–H and O–H groups in total. The van der Waals surface area contributed by atoms with E-state index in [-0.39, 0.29) is 16.9 Å². The summed E-state index contributed by atoms with van der Waals surface area (Å²) in [6, 6.07) is 3.94. The number of halogens is 4. The van der Waals surface area contributed by atoms with E-state index in [4.69, 9.17) is 0 Å². The molecule has 2 rings (SSSR count). The number of carbonyl (C=O) groups excluding carboxylic acids is 1. The topological polar surface area (TPSA) is 51.2 Å². The van der Waals surface area contributed by atoms with Crippen LogP contribution in [0.15, 0.2) is 30.5 Å². The molecule has 0 aliphatic heterocycles. The SMILES string of the molecule is CC(=O)Nc1cc(-c2ccc(F)cc2OC(F)F)c(F)cn1. The molecule has 116 valence electrons. The lowest BCUT2D eigenvalue weighted by Crippen LogP contribution is -2.08. The molecule has 0 saturated heterocycles. The van der Waals surface area contributed by atoms with Crippen LogP contribution in [0.2, 0.25) is 0 Å². The predicted molar refractivity (Wildman–Crippen MR) is 70.5 cm³/mol. The van der Waals surface area contributed by atoms with E-state index in [1.54, 1.807) is 0 Å². The summed E-state index contributed by atoms with van der Waals surface area (Å²) in [5.74, 6) is -2.57. The van der Waals surface area contributed by atoms with Crippen molar-refractivity contribution in [2.75, 3.05) is 5.32 Å². The first-order chi connectivity index (χ1) is 10.4. The van der Waals surface area contributed by atoms with Crippen LogP contribution in [0.25, 0.3) is 11.1 Å². The number of ether oxygens (including phenoxy) is 1. The highest BCUT2D eigenvalue weighted by atomic mass is 19.3. The van der Waals surface area contributed by atoms with Crippen molar-refractivity contribution in [3.05, 3.63) is 42.1 Å². The third kappa shape index (κ3) is 3.72. The normalized spacial score (nSPS) is 10.6. The van der Waals surface area contributed by atoms with Crippen LogP contribution in [0.5, 0.6) is 5.75 Å². The van der Waals surface area contributed by atoms with Crippen molar-refractivity contribution in [3.8, 4) is 16.9 Å². The van der Waals surface area contributed by atoms with Gasteiger partial charge >= 0.3 is 6.61 Å². The molecule has 8 heteroatoms. The summed E-state index contributed by atoms with van der Waals surface area (Å²) in [6.07, 6.45) is 0.816. The molecule has 2 aromatic rings. The zero-order valence-electron chi connectivity index (χ0n) is 11.2. The molecular weight excluding hydrogens is 304 g/mol. The Morgan fingerprint density at radius 2 is 1.95 bits per heavy atom. The smallest absolute Gasteiger partial charge is 0.387 e. The maximum atomic E-state index is 13.9. The van der Waals surface area contributed by atoms with Gasteiger partial charge in [0, 0.05) is 24.1 Å². The Hall–Kier alpha value is -2.64. The molecule has 22 heavy (non-hydrogen) atoms. The van der Waals surface area contributed by atoms with Gasteiger partial charge in [0.2, 0.25) is 5.91 Å². The van der Waals surface area contributed by atoms with E-state index < -0.39 is 29.9 Å². The number of pyridine rings is 1. The number of hydrogen-bond acceptors (Lipinski definition) is 3. The van der Waals surface area contributed by atoms with E-state index in [9.17, 15) is 22.4 Å². The molecule has 0 spiro atoms. The Morgan fingerprint density at radius 1 is 1.23 bits per heavy atom. The van der Waals surface area contributed by atoms with Gasteiger partial charge in [-0.1, -0.05) is 0 Å². The fraction of sp³-hybridized carbons (Fsp3) is 0.143. The van der Waals surface area contributed by atoms with E-state index in [2.05, 4.69) is 15.0 Å². The molecule has 0 radical (unpaired) electrons. The second kappa shape index (κ2) is 6.42. The van der Waals surface area contributed by atoms with Crippen molar-refractivity contribution in [1.82, 2.24) is 4.98 Å². The number of amides is 1. The van der Waals surface area contributed by atoms with Crippen molar-refractivity contribution in [2.24, 2.45) is 0 Å². The molecule has 1 amide bonds. The summed E-state index contributed by atoms with van der Waals surface area (Å²) in [5, 5.41) is 2.33. The molecule has 1 aromatic heterocycles. The van der Waals surface area contributed by atoms with Crippen LogP contribution < -0.4 is 10.1 Å². The Labute approximate surface area is 122 Å². The maximum absolute atomic E-state index is 13.9. The first-order valence-electron chi connectivity index (χ1n) is 6.04. The van der Waals surface area contributed by atoms with Crippen molar-refractivity contribution in [3.63, 3.8) is 0 Å². The van der Waals surface area contributed by atoms with Crippen LogP contribution in [0, 0.1) is 11.6 Å². The van der Waals surface area contributed by atoms with E-state index in [1.165, 1.54) is 6.92 Å². The minimum atomic E-state index is -3.19. The van der Waals surface area contributed by atoms with E-state index >= 15 is 0 Å². The zero-order valence-corrected chi connectivity index (χ0v) is 11.2. The third-order valence-corrected chi connectivity index (χ3v) is 2.61. The van der Waals surface area contributed by atoms with Gasteiger partial charge in [0.1, 0.15) is 23.2 Å². The monoisotopic (exact) mass is 314 g/mol. The van der Waals surface area contributed by atoms with Crippen LogP contribution in [0.3, 0.4) is 0 Å². The van der Waals surface area contributed by atoms with Gasteiger partial charge in [0.25, 0.3) is 0 Å². The number of rotatable bonds is 4. The molecule has 0 aliphatic carbocycles. The van der Waals surface area contributed by atoms with Gasteiger partial charge in [-0.2, -0.15) is 8.78 Å². The summed E-state index contributed by atoms with van der Waals surface area (Å²) in [7, 11) is 0. The first kappa shape index (κ1) is 15.7. The summed E-state index contributed by atoms with van der Waals surface area (Å²) in [6.45, 7) is -1.96. The average molecular weight is 314 g/mol. The average Bonchev–Trinajstić information content (AvgIpc) is 2.40. The molecular formula is C14H10F4N2O2. The second-order valence-corrected chi connectivity index (χ2v) is 4.25. The highest BCUT2D eigenvalue weighted by molar-refractivity contribution is 5.88. The second-order valence-electron chi connectivity index (χ2n) is 4.25. The van der Waals surface area contributed by atoms with Crippen LogP contribution in [0.1, 0.15) is 6.92 Å². The fourth-order valence-electron chi connectivity index (χ4n) is 1.81. The largest absolute Gasteiger partial charge is 0.434 e. The number of hydrogen-bond donors (Lipinski definition) is 1. The number of aromatic nitrogens is 1. The predicted octanol–water partition coefficient (Wildman–Crippen LogP) is 3.59. The molecule has 0 saturated carbocycles. The highest BCUT2D eigenvalue weighted by Crippen LogP contribution is 2.34. The van der Waals surface area contributed by atoms with Crippen LogP contribution in [-0.2, 0) is 4.79 Å². The molecule has 0 fully saturated rings. The van der Waals surface area contributed by atoms with Gasteiger partial charge in [-0.3, -0.25) is 4.79 Å². The number of anilines is 1. The van der Waals surface area contributed by atoms with Gasteiger partial charge in [-0.25, -0.2) is 13.8 Å². The van der Waals surface area contributed by atoms with Crippen molar-refractivity contribution < 1.29 is 27.1 Å². The molecule has 0 unspecified atom stereocenters. The Kier molecular flexibility index (Phi) is 4.59. The summed E-state index contributed by atoms with van der Waals surface area (Å²) in [4.78, 5) is 14.6. The standard InChI is InChI=1S/C14H10F4N2O2/c1-7(21)20-13-5-10(11(16)6-19-13)9-3-2-8(15)4-12(9)22-14(17)18/h2-6,14H,1H3,(H,19,20,21). The highest BCUT2D eigenvalue weighted by Gasteiger charge is 2.16. The molecule has 0 bridgehead atoms. The van der Waals surface area contributed by atoms with Gasteiger partial charge in [0.05, 0.1) is 6.20 Å². The van der Waals surface area contributed by atoms with Crippen molar-refractivity contribution >= 4 is 11.7 Å². The lowest BCUT2D eigenvalue weighted by atomic mass is 10.0. The Bertz CT molecular complexity index is 707. The summed E-state index contributed by atoms with van der Waals surface area (Å²) in [5.41, 5.74) is -0.248. The van der Waals surface area contributed by atoms with Gasteiger partial charge in [0.15, 0.2) is 0 Å². The van der Waals surface area contributed by atoms with Crippen LogP contribution in [0.4, 0.5) is 23.4 Å². The molecule has 1 aromatic carbocycles. The van der Waals surface area contributed by atoms with Crippen molar-refractivity contribution in [1.29, 1.82) is 0 Å². The number of benzene rings is 1. The Morgan fingerprint density at radius 3 is 2.59 bits per heavy atom. The number of alkyl halides is 2. The lowest BCUT2D eigenvalue weighted by Gasteiger charge is -2.12. The molecule has 4 nitrogen and oxygen atoms in total. The first-order valence-corrected chi connectivity index (χ1v) is 6.04. The lowest BCUT2D eigenvalue weighted by molar-refractivity contribution is -0.114. The molecule has 0 aliphatic rings. The third-order valence-electron chi connectivity index (χ3n) is 2.61. The number of nitrogens with zero attached hydrogens (tertiary/aromatic N) is 1. The quantitative estimate of drug-likeness (QED) is 0.878. The van der Waals surface area contributed by atoms with Gasteiger partial charge in [-0.05, 0) is 18.2 Å². The summed E-state index contributed by atoms with van der Waals surface area (Å²) < 4.78 is 56.1. The maximum Gasteiger partial charge on any atom is 0.387 e. The zero-order chi connectivity index (χ0) is 16.3.